The number of ether oxygens (including phenoxy) is 2. The van der Waals surface area contributed by atoms with E-state index in [1.165, 1.54) is 0 Å². The molecule has 0 aliphatic carbocycles. The molecule has 0 bridgehead atoms. The third-order valence-corrected chi connectivity index (χ3v) is 4.79. The Morgan fingerprint density at radius 2 is 1.68 bits per heavy atom. The molecule has 1 N–H and O–H groups in total. The van der Waals surface area contributed by atoms with Crippen molar-refractivity contribution in [2.75, 3.05) is 50.6 Å². The van der Waals surface area contributed by atoms with Crippen LogP contribution in [-0.2, 0) is 16.0 Å². The number of hydrogen-bond acceptors (Lipinski definition) is 5. The van der Waals surface area contributed by atoms with Crippen LogP contribution in [0.15, 0.2) is 42.5 Å². The summed E-state index contributed by atoms with van der Waals surface area (Å²) in [6.45, 7) is 3.08. The van der Waals surface area contributed by atoms with Gasteiger partial charge in [0.05, 0.1) is 20.6 Å². The summed E-state index contributed by atoms with van der Waals surface area (Å²) in [4.78, 5) is 27.2. The van der Waals surface area contributed by atoms with Gasteiger partial charge in [0, 0.05) is 37.6 Å². The highest BCUT2D eigenvalue weighted by atomic mass is 16.5. The van der Waals surface area contributed by atoms with Crippen molar-refractivity contribution in [3.63, 3.8) is 0 Å². The summed E-state index contributed by atoms with van der Waals surface area (Å²) in [5, 5.41) is 2.92. The molecule has 1 saturated heterocycles. The van der Waals surface area contributed by atoms with Crippen molar-refractivity contribution in [3.05, 3.63) is 48.0 Å². The minimum Gasteiger partial charge on any atom is -0.493 e. The molecule has 1 fully saturated rings. The number of hydrogen-bond donors (Lipinski definition) is 1. The Hall–Kier alpha value is -3.22. The molecule has 0 spiro atoms. The molecule has 0 aromatic heterocycles. The lowest BCUT2D eigenvalue weighted by atomic mass is 10.1. The third-order valence-electron chi connectivity index (χ3n) is 4.79. The van der Waals surface area contributed by atoms with Gasteiger partial charge in [-0.05, 0) is 42.0 Å². The number of rotatable bonds is 7. The van der Waals surface area contributed by atoms with E-state index in [1.54, 1.807) is 31.3 Å². The molecule has 7 nitrogen and oxygen atoms in total. The Bertz CT molecular complexity index is 815. The molecule has 3 rings (SSSR count). The standard InChI is InChI=1S/C21H25N3O4/c1-27-19-8-3-16(13-20(19)28-2)14-21(26)22-17-4-6-18(7-5-17)24-11-9-23(15-25)10-12-24/h3-8,13,15H,9-12,14H2,1-2H3,(H,22,26). The van der Waals surface area contributed by atoms with Gasteiger partial charge < -0.3 is 24.6 Å². The van der Waals surface area contributed by atoms with Gasteiger partial charge in [-0.25, -0.2) is 0 Å². The third kappa shape index (κ3) is 4.73. The Kier molecular flexibility index (Phi) is 6.37. The number of piperazine rings is 1. The van der Waals surface area contributed by atoms with E-state index >= 15 is 0 Å². The monoisotopic (exact) mass is 383 g/mol. The fourth-order valence-corrected chi connectivity index (χ4v) is 3.22. The van der Waals surface area contributed by atoms with Gasteiger partial charge in [0.15, 0.2) is 11.5 Å². The number of carbonyl (C=O) groups is 2. The fraction of sp³-hybridized carbons (Fsp3) is 0.333. The molecule has 2 amide bonds. The van der Waals surface area contributed by atoms with Crippen LogP contribution in [0.25, 0.3) is 0 Å². The molecular weight excluding hydrogens is 358 g/mol. The number of amides is 2. The quantitative estimate of drug-likeness (QED) is 0.742. The van der Waals surface area contributed by atoms with Crippen molar-refractivity contribution >= 4 is 23.7 Å². The molecule has 1 heterocycles. The van der Waals surface area contributed by atoms with Gasteiger partial charge in [0.1, 0.15) is 0 Å². The summed E-state index contributed by atoms with van der Waals surface area (Å²) in [5.41, 5.74) is 2.68. The van der Waals surface area contributed by atoms with Gasteiger partial charge in [0.2, 0.25) is 12.3 Å². The number of anilines is 2. The van der Waals surface area contributed by atoms with Crippen molar-refractivity contribution in [1.29, 1.82) is 0 Å². The lowest BCUT2D eigenvalue weighted by Crippen LogP contribution is -2.45. The molecule has 7 heteroatoms. The largest absolute Gasteiger partial charge is 0.493 e. The maximum atomic E-state index is 12.4. The van der Waals surface area contributed by atoms with Crippen LogP contribution in [0, 0.1) is 0 Å². The lowest BCUT2D eigenvalue weighted by Gasteiger charge is -2.34. The van der Waals surface area contributed by atoms with Crippen molar-refractivity contribution < 1.29 is 19.1 Å². The molecule has 2 aromatic rings. The molecule has 0 radical (unpaired) electrons. The van der Waals surface area contributed by atoms with Crippen molar-refractivity contribution in [3.8, 4) is 11.5 Å². The first-order chi connectivity index (χ1) is 13.6. The van der Waals surface area contributed by atoms with E-state index in [-0.39, 0.29) is 12.3 Å². The number of nitrogens with one attached hydrogen (secondary N) is 1. The SMILES string of the molecule is COc1ccc(CC(=O)Nc2ccc(N3CCN(C=O)CC3)cc2)cc1OC. The molecular formula is C21H25N3O4. The van der Waals surface area contributed by atoms with Gasteiger partial charge in [-0.3, -0.25) is 9.59 Å². The first-order valence-electron chi connectivity index (χ1n) is 9.18. The summed E-state index contributed by atoms with van der Waals surface area (Å²) >= 11 is 0. The molecule has 0 unspecified atom stereocenters. The fourth-order valence-electron chi connectivity index (χ4n) is 3.22. The summed E-state index contributed by atoms with van der Waals surface area (Å²) in [6, 6.07) is 13.2. The second-order valence-corrected chi connectivity index (χ2v) is 6.59. The molecule has 0 saturated carbocycles. The number of methoxy groups -OCH3 is 2. The number of nitrogens with zero attached hydrogens (tertiary/aromatic N) is 2. The normalized spacial score (nSPS) is 13.8. The van der Waals surface area contributed by atoms with Crippen LogP contribution in [0.1, 0.15) is 5.56 Å². The van der Waals surface area contributed by atoms with Gasteiger partial charge in [-0.2, -0.15) is 0 Å². The molecule has 148 valence electrons. The zero-order chi connectivity index (χ0) is 19.9. The van der Waals surface area contributed by atoms with Crippen LogP contribution in [0.4, 0.5) is 11.4 Å². The first kappa shape index (κ1) is 19.5. The van der Waals surface area contributed by atoms with Crippen molar-refractivity contribution in [1.82, 2.24) is 4.90 Å². The molecule has 1 aliphatic rings. The number of benzene rings is 2. The van der Waals surface area contributed by atoms with Crippen molar-refractivity contribution in [2.45, 2.75) is 6.42 Å². The zero-order valence-electron chi connectivity index (χ0n) is 16.2. The van der Waals surface area contributed by atoms with Crippen LogP contribution in [0.2, 0.25) is 0 Å². The maximum Gasteiger partial charge on any atom is 0.228 e. The van der Waals surface area contributed by atoms with Gasteiger partial charge in [-0.1, -0.05) is 6.07 Å². The maximum absolute atomic E-state index is 12.4. The second kappa shape index (κ2) is 9.12. The van der Waals surface area contributed by atoms with Gasteiger partial charge in [0.25, 0.3) is 0 Å². The van der Waals surface area contributed by atoms with E-state index in [0.29, 0.717) is 11.5 Å². The summed E-state index contributed by atoms with van der Waals surface area (Å²) in [6.07, 6.45) is 1.14. The number of carbonyl (C=O) groups excluding carboxylic acids is 2. The highest BCUT2D eigenvalue weighted by Gasteiger charge is 2.15. The van der Waals surface area contributed by atoms with E-state index in [2.05, 4.69) is 10.2 Å². The van der Waals surface area contributed by atoms with E-state index in [1.807, 2.05) is 30.3 Å². The summed E-state index contributed by atoms with van der Waals surface area (Å²) in [5.74, 6) is 1.14. The van der Waals surface area contributed by atoms with Crippen LogP contribution in [0.3, 0.4) is 0 Å². The second-order valence-electron chi connectivity index (χ2n) is 6.59. The predicted octanol–water partition coefficient (Wildman–Crippen LogP) is 2.16. The Balaban J connectivity index is 1.57. The summed E-state index contributed by atoms with van der Waals surface area (Å²) in [7, 11) is 3.15. The molecule has 28 heavy (non-hydrogen) atoms. The highest BCUT2D eigenvalue weighted by molar-refractivity contribution is 5.92. The minimum absolute atomic E-state index is 0.0976. The molecule has 2 aromatic carbocycles. The Morgan fingerprint density at radius 1 is 1.00 bits per heavy atom. The minimum atomic E-state index is -0.0976. The molecule has 1 aliphatic heterocycles. The van der Waals surface area contributed by atoms with Gasteiger partial charge >= 0.3 is 0 Å². The van der Waals surface area contributed by atoms with Crippen LogP contribution in [-0.4, -0.2) is 57.6 Å². The first-order valence-corrected chi connectivity index (χ1v) is 9.18. The van der Waals surface area contributed by atoms with Crippen LogP contribution >= 0.6 is 0 Å². The zero-order valence-corrected chi connectivity index (χ0v) is 16.2. The molecule has 0 atom stereocenters. The van der Waals surface area contributed by atoms with E-state index in [4.69, 9.17) is 9.47 Å². The highest BCUT2D eigenvalue weighted by Crippen LogP contribution is 2.28. The smallest absolute Gasteiger partial charge is 0.228 e. The predicted molar refractivity (Wildman–Crippen MR) is 108 cm³/mol. The van der Waals surface area contributed by atoms with Crippen LogP contribution in [0.5, 0.6) is 11.5 Å². The lowest BCUT2D eigenvalue weighted by molar-refractivity contribution is -0.118. The van der Waals surface area contributed by atoms with E-state index in [0.717, 1.165) is 49.5 Å². The Labute approximate surface area is 164 Å². The Morgan fingerprint density at radius 3 is 2.29 bits per heavy atom. The average molecular weight is 383 g/mol. The van der Waals surface area contributed by atoms with Crippen LogP contribution < -0.4 is 19.7 Å². The van der Waals surface area contributed by atoms with E-state index < -0.39 is 0 Å². The van der Waals surface area contributed by atoms with E-state index in [9.17, 15) is 9.59 Å². The topological polar surface area (TPSA) is 71.1 Å². The average Bonchev–Trinajstić information content (AvgIpc) is 2.74. The van der Waals surface area contributed by atoms with Gasteiger partial charge in [-0.15, -0.1) is 0 Å². The van der Waals surface area contributed by atoms with Crippen molar-refractivity contribution in [2.24, 2.45) is 0 Å². The summed E-state index contributed by atoms with van der Waals surface area (Å²) < 4.78 is 10.5.